The van der Waals surface area contributed by atoms with Gasteiger partial charge in [-0.3, -0.25) is 14.4 Å². The Kier molecular flexibility index (Phi) is 7.28. The summed E-state index contributed by atoms with van der Waals surface area (Å²) < 4.78 is 0. The second-order valence-corrected chi connectivity index (χ2v) is 6.87. The van der Waals surface area contributed by atoms with Crippen LogP contribution in [0.3, 0.4) is 0 Å². The summed E-state index contributed by atoms with van der Waals surface area (Å²) in [5, 5.41) is 16.7. The molecule has 0 aliphatic carbocycles. The van der Waals surface area contributed by atoms with Gasteiger partial charge in [0.2, 0.25) is 11.8 Å². The van der Waals surface area contributed by atoms with Gasteiger partial charge in [0, 0.05) is 17.5 Å². The van der Waals surface area contributed by atoms with Crippen molar-refractivity contribution in [1.29, 1.82) is 0 Å². The van der Waals surface area contributed by atoms with Crippen LogP contribution in [0.4, 0.5) is 5.69 Å². The lowest BCUT2D eigenvalue weighted by molar-refractivity contribution is -0.137. The van der Waals surface area contributed by atoms with Crippen LogP contribution in [0.15, 0.2) is 29.6 Å². The first kappa shape index (κ1) is 19.6. The molecule has 0 saturated carbocycles. The molecule has 3 N–H and O–H groups in total. The van der Waals surface area contributed by atoms with Gasteiger partial charge in [-0.25, -0.2) is 4.98 Å². The number of amides is 2. The minimum atomic E-state index is -1.08. The lowest BCUT2D eigenvalue weighted by Gasteiger charge is -2.07. The highest BCUT2D eigenvalue weighted by Crippen LogP contribution is 2.13. The van der Waals surface area contributed by atoms with Gasteiger partial charge in [0.15, 0.2) is 0 Å². The molecule has 26 heavy (non-hydrogen) atoms. The van der Waals surface area contributed by atoms with Crippen molar-refractivity contribution < 1.29 is 19.5 Å². The highest BCUT2D eigenvalue weighted by atomic mass is 32.1. The Labute approximate surface area is 155 Å². The topological polar surface area (TPSA) is 108 Å². The molecule has 0 radical (unpaired) electrons. The van der Waals surface area contributed by atoms with Crippen molar-refractivity contribution in [3.8, 4) is 0 Å². The highest BCUT2D eigenvalue weighted by molar-refractivity contribution is 7.09. The molecule has 1 aromatic carbocycles. The van der Waals surface area contributed by atoms with Crippen molar-refractivity contribution in [3.05, 3.63) is 45.9 Å². The molecule has 0 unspecified atom stereocenters. The molecular formula is C18H21N3O4S. The Morgan fingerprint density at radius 2 is 1.88 bits per heavy atom. The molecular weight excluding hydrogens is 354 g/mol. The monoisotopic (exact) mass is 375 g/mol. The third-order valence-corrected chi connectivity index (χ3v) is 4.36. The first-order valence-electron chi connectivity index (χ1n) is 8.20. The minimum absolute atomic E-state index is 0.0658. The summed E-state index contributed by atoms with van der Waals surface area (Å²) in [7, 11) is 0. The van der Waals surface area contributed by atoms with Crippen LogP contribution in [-0.4, -0.2) is 34.4 Å². The number of nitrogens with one attached hydrogen (secondary N) is 2. The van der Waals surface area contributed by atoms with E-state index in [1.54, 1.807) is 35.6 Å². The van der Waals surface area contributed by atoms with Gasteiger partial charge in [-0.15, -0.1) is 11.3 Å². The predicted molar refractivity (Wildman–Crippen MR) is 99.2 cm³/mol. The smallest absolute Gasteiger partial charge is 0.322 e. The average Bonchev–Trinajstić information content (AvgIpc) is 3.00. The maximum Gasteiger partial charge on any atom is 0.322 e. The fourth-order valence-electron chi connectivity index (χ4n) is 2.30. The van der Waals surface area contributed by atoms with E-state index < -0.39 is 12.5 Å². The zero-order valence-corrected chi connectivity index (χ0v) is 15.3. The van der Waals surface area contributed by atoms with Gasteiger partial charge in [-0.1, -0.05) is 12.1 Å². The summed E-state index contributed by atoms with van der Waals surface area (Å²) in [6.07, 6.45) is 2.02. The third-order valence-electron chi connectivity index (χ3n) is 3.54. The molecule has 7 nitrogen and oxygen atoms in total. The molecule has 138 valence electrons. The number of carboxylic acids is 1. The molecule has 0 aliphatic heterocycles. The number of rotatable bonds is 9. The molecule has 1 aromatic heterocycles. The molecule has 2 aromatic rings. The number of nitrogens with zero attached hydrogens (tertiary/aromatic N) is 1. The summed E-state index contributed by atoms with van der Waals surface area (Å²) >= 11 is 1.61. The minimum Gasteiger partial charge on any atom is -0.480 e. The number of aliphatic carboxylic acids is 1. The van der Waals surface area contributed by atoms with Gasteiger partial charge in [0.25, 0.3) is 0 Å². The first-order chi connectivity index (χ1) is 12.4. The van der Waals surface area contributed by atoms with Gasteiger partial charge in [-0.05, 0) is 37.5 Å². The third kappa shape index (κ3) is 7.02. The van der Waals surface area contributed by atoms with E-state index in [0.29, 0.717) is 12.1 Å². The zero-order valence-electron chi connectivity index (χ0n) is 14.4. The number of aromatic nitrogens is 1. The second-order valence-electron chi connectivity index (χ2n) is 5.80. The van der Waals surface area contributed by atoms with Crippen LogP contribution in [0.25, 0.3) is 0 Å². The summed E-state index contributed by atoms with van der Waals surface area (Å²) in [5.74, 6) is -1.51. The second kappa shape index (κ2) is 9.67. The number of hydrogen-bond donors (Lipinski definition) is 3. The molecule has 0 bridgehead atoms. The zero-order chi connectivity index (χ0) is 18.9. The number of benzene rings is 1. The van der Waals surface area contributed by atoms with Crippen molar-refractivity contribution in [1.82, 2.24) is 10.3 Å². The number of carbonyl (C=O) groups excluding carboxylic acids is 2. The fourth-order valence-corrected chi connectivity index (χ4v) is 2.95. The van der Waals surface area contributed by atoms with Crippen molar-refractivity contribution in [2.24, 2.45) is 0 Å². The summed E-state index contributed by atoms with van der Waals surface area (Å²) in [5.41, 5.74) is 2.42. The van der Waals surface area contributed by atoms with E-state index in [9.17, 15) is 14.4 Å². The molecule has 2 amide bonds. The average molecular weight is 375 g/mol. The Balaban J connectivity index is 1.72. The Morgan fingerprint density at radius 1 is 1.15 bits per heavy atom. The number of carboxylic acid groups (broad SMARTS) is 1. The molecule has 2 rings (SSSR count). The van der Waals surface area contributed by atoms with Crippen LogP contribution in [0, 0.1) is 6.92 Å². The van der Waals surface area contributed by atoms with Crippen molar-refractivity contribution in [2.45, 2.75) is 32.6 Å². The summed E-state index contributed by atoms with van der Waals surface area (Å²) in [4.78, 5) is 38.3. The van der Waals surface area contributed by atoms with E-state index in [2.05, 4.69) is 15.6 Å². The van der Waals surface area contributed by atoms with Crippen LogP contribution in [-0.2, 0) is 27.2 Å². The largest absolute Gasteiger partial charge is 0.480 e. The van der Waals surface area contributed by atoms with Gasteiger partial charge in [0.1, 0.15) is 6.54 Å². The van der Waals surface area contributed by atoms with E-state index in [1.807, 2.05) is 12.3 Å². The number of aryl methyl sites for hydroxylation is 2. The number of anilines is 1. The summed E-state index contributed by atoms with van der Waals surface area (Å²) in [6.45, 7) is 1.56. The predicted octanol–water partition coefficient (Wildman–Crippen LogP) is 2.16. The lowest BCUT2D eigenvalue weighted by atomic mass is 10.1. The molecule has 8 heteroatoms. The molecule has 0 atom stereocenters. The van der Waals surface area contributed by atoms with Gasteiger partial charge >= 0.3 is 5.97 Å². The van der Waals surface area contributed by atoms with Crippen molar-refractivity contribution >= 4 is 34.8 Å². The molecule has 1 heterocycles. The van der Waals surface area contributed by atoms with Crippen LogP contribution in [0.5, 0.6) is 0 Å². The molecule has 0 fully saturated rings. The molecule has 0 saturated heterocycles. The summed E-state index contributed by atoms with van der Waals surface area (Å²) in [6, 6.07) is 6.91. The van der Waals surface area contributed by atoms with E-state index in [4.69, 9.17) is 5.11 Å². The van der Waals surface area contributed by atoms with Crippen LogP contribution >= 0.6 is 11.3 Å². The van der Waals surface area contributed by atoms with Gasteiger partial charge < -0.3 is 15.7 Å². The van der Waals surface area contributed by atoms with E-state index >= 15 is 0 Å². The van der Waals surface area contributed by atoms with Crippen molar-refractivity contribution in [2.75, 3.05) is 11.9 Å². The Hall–Kier alpha value is -2.74. The highest BCUT2D eigenvalue weighted by Gasteiger charge is 2.07. The standard InChI is InChI=1S/C18H21N3O4S/c1-12-20-15(11-26-12)3-2-4-16(22)21-14-7-5-13(6-8-14)9-17(23)19-10-18(24)25/h5-8,11H,2-4,9-10H2,1H3,(H,19,23)(H,21,22)(H,24,25). The fraction of sp³-hybridized carbons (Fsp3) is 0.333. The van der Waals surface area contributed by atoms with E-state index in [1.165, 1.54) is 0 Å². The van der Waals surface area contributed by atoms with Crippen molar-refractivity contribution in [3.63, 3.8) is 0 Å². The molecule has 0 aliphatic rings. The van der Waals surface area contributed by atoms with Crippen LogP contribution < -0.4 is 10.6 Å². The van der Waals surface area contributed by atoms with Gasteiger partial charge in [0.05, 0.1) is 17.1 Å². The lowest BCUT2D eigenvalue weighted by Crippen LogP contribution is -2.30. The Bertz CT molecular complexity index is 771. The maximum atomic E-state index is 12.0. The van der Waals surface area contributed by atoms with Gasteiger partial charge in [-0.2, -0.15) is 0 Å². The van der Waals surface area contributed by atoms with E-state index in [-0.39, 0.29) is 18.2 Å². The normalized spacial score (nSPS) is 10.3. The number of thiazole rings is 1. The number of carbonyl (C=O) groups is 3. The van der Waals surface area contributed by atoms with Crippen LogP contribution in [0.2, 0.25) is 0 Å². The quantitative estimate of drug-likeness (QED) is 0.622. The maximum absolute atomic E-state index is 12.0. The SMILES string of the molecule is Cc1nc(CCCC(=O)Nc2ccc(CC(=O)NCC(=O)O)cc2)cs1. The van der Waals surface area contributed by atoms with E-state index in [0.717, 1.165) is 29.1 Å². The molecule has 0 spiro atoms. The number of hydrogen-bond acceptors (Lipinski definition) is 5. The van der Waals surface area contributed by atoms with Crippen LogP contribution in [0.1, 0.15) is 29.1 Å². The first-order valence-corrected chi connectivity index (χ1v) is 9.08. The Morgan fingerprint density at radius 3 is 2.50 bits per heavy atom.